The minimum Gasteiger partial charge on any atom is -0.389 e. The van der Waals surface area contributed by atoms with Gasteiger partial charge in [0.15, 0.2) is 6.10 Å². The van der Waals surface area contributed by atoms with Gasteiger partial charge in [0.2, 0.25) is 11.8 Å². The van der Waals surface area contributed by atoms with E-state index in [4.69, 9.17) is 21.2 Å². The van der Waals surface area contributed by atoms with Crippen molar-refractivity contribution < 1.29 is 24.1 Å². The van der Waals surface area contributed by atoms with Crippen LogP contribution >= 0.6 is 11.6 Å². The second kappa shape index (κ2) is 6.35. The van der Waals surface area contributed by atoms with Crippen molar-refractivity contribution in [3.05, 3.63) is 69.2 Å². The quantitative estimate of drug-likeness (QED) is 0.413. The molecule has 10 heteroatoms. The monoisotopic (exact) mass is 439 g/mol. The number of oxime groups is 1. The molecule has 2 aromatic rings. The molecule has 0 saturated carbocycles. The molecular weight excluding hydrogens is 426 g/mol. The lowest BCUT2D eigenvalue weighted by Gasteiger charge is -2.26. The number of rotatable bonds is 3. The smallest absolute Gasteiger partial charge is 0.270 e. The zero-order valence-corrected chi connectivity index (χ0v) is 16.5. The number of nitrogens with zero attached hydrogens (tertiary/aromatic N) is 3. The van der Waals surface area contributed by atoms with Gasteiger partial charge in [-0.3, -0.25) is 19.7 Å². The number of non-ortho nitro benzene ring substituents is 1. The van der Waals surface area contributed by atoms with E-state index < -0.39 is 35.1 Å². The topological polar surface area (TPSA) is 111 Å². The van der Waals surface area contributed by atoms with Crippen LogP contribution in [0, 0.1) is 27.9 Å². The van der Waals surface area contributed by atoms with Crippen LogP contribution in [0.3, 0.4) is 0 Å². The highest BCUT2D eigenvalue weighted by molar-refractivity contribution is 6.31. The normalized spacial score (nSPS) is 32.7. The van der Waals surface area contributed by atoms with Crippen LogP contribution in [0.25, 0.3) is 0 Å². The van der Waals surface area contributed by atoms with E-state index in [-0.39, 0.29) is 23.4 Å². The molecule has 0 radical (unpaired) electrons. The summed E-state index contributed by atoms with van der Waals surface area (Å²) in [6.07, 6.45) is -1.70. The Morgan fingerprint density at radius 1 is 0.968 bits per heavy atom. The number of hydrogen-bond acceptors (Lipinski definition) is 7. The summed E-state index contributed by atoms with van der Waals surface area (Å²) in [6.45, 7) is 0. The Morgan fingerprint density at radius 2 is 1.68 bits per heavy atom. The number of hydrogen-bond donors (Lipinski definition) is 0. The van der Waals surface area contributed by atoms with Crippen LogP contribution in [0.2, 0.25) is 5.02 Å². The van der Waals surface area contributed by atoms with Crippen LogP contribution in [0.1, 0.15) is 5.56 Å². The van der Waals surface area contributed by atoms with E-state index in [0.29, 0.717) is 22.0 Å². The molecule has 0 aromatic heterocycles. The molecule has 4 aliphatic rings. The first kappa shape index (κ1) is 18.5. The highest BCUT2D eigenvalue weighted by Crippen LogP contribution is 2.55. The lowest BCUT2D eigenvalue weighted by atomic mass is 9.71. The van der Waals surface area contributed by atoms with Crippen molar-refractivity contribution in [1.82, 2.24) is 0 Å². The molecule has 0 spiro atoms. The van der Waals surface area contributed by atoms with Crippen molar-refractivity contribution in [2.75, 3.05) is 4.90 Å². The zero-order valence-electron chi connectivity index (χ0n) is 15.8. The molecule has 4 heterocycles. The van der Waals surface area contributed by atoms with E-state index in [1.807, 2.05) is 0 Å². The number of benzene rings is 2. The van der Waals surface area contributed by atoms with E-state index in [1.54, 1.807) is 36.4 Å². The number of carbonyl (C=O) groups excluding carboxylic acids is 2. The molecular formula is C21H14ClN3O6. The summed E-state index contributed by atoms with van der Waals surface area (Å²) in [5.41, 5.74) is 1.45. The minimum atomic E-state index is -0.653. The number of halogens is 1. The van der Waals surface area contributed by atoms with Crippen LogP contribution in [0.4, 0.5) is 11.4 Å². The first-order valence-corrected chi connectivity index (χ1v) is 10.1. The van der Waals surface area contributed by atoms with Gasteiger partial charge in [-0.15, -0.1) is 0 Å². The molecule has 31 heavy (non-hydrogen) atoms. The predicted octanol–water partition coefficient (Wildman–Crippen LogP) is 2.55. The van der Waals surface area contributed by atoms with E-state index >= 15 is 0 Å². The van der Waals surface area contributed by atoms with Crippen LogP contribution < -0.4 is 4.90 Å². The largest absolute Gasteiger partial charge is 0.389 e. The molecule has 3 saturated heterocycles. The summed E-state index contributed by atoms with van der Waals surface area (Å²) in [4.78, 5) is 43.9. The second-order valence-corrected chi connectivity index (χ2v) is 8.42. The van der Waals surface area contributed by atoms with Gasteiger partial charge in [-0.1, -0.05) is 28.9 Å². The molecule has 2 amide bonds. The minimum absolute atomic E-state index is 0.0633. The summed E-state index contributed by atoms with van der Waals surface area (Å²) in [5, 5.41) is 15.8. The summed E-state index contributed by atoms with van der Waals surface area (Å²) in [7, 11) is 0. The predicted molar refractivity (Wildman–Crippen MR) is 108 cm³/mol. The molecule has 3 fully saturated rings. The van der Waals surface area contributed by atoms with Crippen LogP contribution in [0.5, 0.6) is 0 Å². The van der Waals surface area contributed by atoms with Gasteiger partial charge in [0.25, 0.3) is 5.69 Å². The standard InChI is InChI=1S/C21H14ClN3O6/c22-10-4-6-11(7-5-10)24-20(26)13-14(21(24)27)18-19-15(17(13)30-18)16(23-31-19)9-2-1-3-12(8-9)25(28)29/h1-8,13-15,17-19H/t13-,14+,15+,17-,18-,19+/m1/s1. The third kappa shape index (κ3) is 2.44. The van der Waals surface area contributed by atoms with Gasteiger partial charge in [0, 0.05) is 22.7 Å². The Labute approximate surface area is 180 Å². The average molecular weight is 440 g/mol. The van der Waals surface area contributed by atoms with Crippen molar-refractivity contribution in [2.24, 2.45) is 22.9 Å². The summed E-state index contributed by atoms with van der Waals surface area (Å²) >= 11 is 5.93. The molecule has 9 nitrogen and oxygen atoms in total. The van der Waals surface area contributed by atoms with Crippen molar-refractivity contribution in [3.8, 4) is 0 Å². The molecule has 6 atom stereocenters. The average Bonchev–Trinajstić information content (AvgIpc) is 3.49. The van der Waals surface area contributed by atoms with Crippen molar-refractivity contribution in [2.45, 2.75) is 18.3 Å². The first-order chi connectivity index (χ1) is 15.0. The Morgan fingerprint density at radius 3 is 2.39 bits per heavy atom. The van der Waals surface area contributed by atoms with Gasteiger partial charge in [-0.2, -0.15) is 0 Å². The lowest BCUT2D eigenvalue weighted by molar-refractivity contribution is -0.384. The maximum absolute atomic E-state index is 13.3. The summed E-state index contributed by atoms with van der Waals surface area (Å²) in [5.74, 6) is -2.33. The second-order valence-electron chi connectivity index (χ2n) is 7.98. The number of amides is 2. The maximum Gasteiger partial charge on any atom is 0.270 e. The number of imide groups is 1. The van der Waals surface area contributed by atoms with E-state index in [0.717, 1.165) is 0 Å². The molecule has 156 valence electrons. The Kier molecular flexibility index (Phi) is 3.78. The van der Waals surface area contributed by atoms with Gasteiger partial charge in [0.1, 0.15) is 6.10 Å². The van der Waals surface area contributed by atoms with Crippen molar-refractivity contribution in [1.29, 1.82) is 0 Å². The number of carbonyl (C=O) groups is 2. The molecule has 2 bridgehead atoms. The molecule has 0 N–H and O–H groups in total. The third-order valence-corrected chi connectivity index (χ3v) is 6.73. The highest BCUT2D eigenvalue weighted by atomic mass is 35.5. The van der Waals surface area contributed by atoms with Crippen molar-refractivity contribution >= 4 is 40.5 Å². The van der Waals surface area contributed by atoms with Gasteiger partial charge in [0.05, 0.1) is 40.2 Å². The summed E-state index contributed by atoms with van der Waals surface area (Å²) < 4.78 is 6.05. The molecule has 0 unspecified atom stereocenters. The highest BCUT2D eigenvalue weighted by Gasteiger charge is 2.72. The van der Waals surface area contributed by atoms with Gasteiger partial charge in [-0.05, 0) is 24.3 Å². The van der Waals surface area contributed by atoms with Crippen LogP contribution in [-0.2, 0) is 19.2 Å². The van der Waals surface area contributed by atoms with Gasteiger partial charge >= 0.3 is 0 Å². The Balaban J connectivity index is 1.34. The SMILES string of the molecule is O=C1[C@@H]2[C@H]3O[C@@H]([C@@H]4C(c5cccc([N+](=O)[O-])c5)=NO[C@H]34)[C@@H]2C(=O)N1c1ccc(Cl)cc1. The first-order valence-electron chi connectivity index (χ1n) is 9.73. The van der Waals surface area contributed by atoms with Gasteiger partial charge in [-0.25, -0.2) is 4.90 Å². The molecule has 2 aromatic carbocycles. The van der Waals surface area contributed by atoms with Crippen LogP contribution in [0.15, 0.2) is 53.7 Å². The number of fused-ring (bicyclic) bond motifs is 8. The number of ether oxygens (including phenoxy) is 1. The summed E-state index contributed by atoms with van der Waals surface area (Å²) in [6, 6.07) is 12.6. The third-order valence-electron chi connectivity index (χ3n) is 6.48. The number of anilines is 1. The maximum atomic E-state index is 13.3. The Bertz CT molecular complexity index is 1180. The molecule has 4 aliphatic heterocycles. The number of nitro benzene ring substituents is 1. The molecule has 6 rings (SSSR count). The van der Waals surface area contributed by atoms with E-state index in [1.165, 1.54) is 17.0 Å². The van der Waals surface area contributed by atoms with E-state index in [2.05, 4.69) is 5.16 Å². The fourth-order valence-corrected chi connectivity index (χ4v) is 5.35. The lowest BCUT2D eigenvalue weighted by Crippen LogP contribution is -2.45. The fourth-order valence-electron chi connectivity index (χ4n) is 5.22. The molecule has 0 aliphatic carbocycles. The zero-order chi connectivity index (χ0) is 21.4. The Hall–Kier alpha value is -3.30. The van der Waals surface area contributed by atoms with E-state index in [9.17, 15) is 19.7 Å². The van der Waals surface area contributed by atoms with Crippen LogP contribution in [-0.4, -0.2) is 40.8 Å². The van der Waals surface area contributed by atoms with Gasteiger partial charge < -0.3 is 9.57 Å². The van der Waals surface area contributed by atoms with Crippen molar-refractivity contribution in [3.63, 3.8) is 0 Å². The number of nitro groups is 1. The fraction of sp³-hybridized carbons (Fsp3) is 0.286.